The van der Waals surface area contributed by atoms with Crippen LogP contribution in [0, 0.1) is 0 Å². The van der Waals surface area contributed by atoms with E-state index in [0.29, 0.717) is 0 Å². The summed E-state index contributed by atoms with van der Waals surface area (Å²) in [5, 5.41) is 0. The van der Waals surface area contributed by atoms with Gasteiger partial charge in [0.15, 0.2) is 0 Å². The number of carbonyl (C=O) groups excluding carboxylic acids is 1. The number of allylic oxidation sites excluding steroid dienone is 1. The van der Waals surface area contributed by atoms with Crippen LogP contribution in [0.4, 0.5) is 0 Å². The highest BCUT2D eigenvalue weighted by Crippen LogP contribution is 2.17. The SMILES string of the molecule is COc1ccc(/C(C)=C/C(N)=O)cc1. The highest BCUT2D eigenvalue weighted by atomic mass is 16.5. The fraction of sp³-hybridized carbons (Fsp3) is 0.182. The number of nitrogens with two attached hydrogens (primary N) is 1. The maximum absolute atomic E-state index is 10.6. The van der Waals surface area contributed by atoms with Crippen LogP contribution in [0.1, 0.15) is 12.5 Å². The summed E-state index contributed by atoms with van der Waals surface area (Å²) in [6.07, 6.45) is 1.40. The van der Waals surface area contributed by atoms with Crippen molar-refractivity contribution in [2.24, 2.45) is 5.73 Å². The predicted octanol–water partition coefficient (Wildman–Crippen LogP) is 1.58. The third-order valence-corrected chi connectivity index (χ3v) is 1.90. The maximum atomic E-state index is 10.6. The summed E-state index contributed by atoms with van der Waals surface area (Å²) in [6, 6.07) is 7.45. The van der Waals surface area contributed by atoms with Crippen molar-refractivity contribution in [2.45, 2.75) is 6.92 Å². The third kappa shape index (κ3) is 2.62. The molecule has 3 heteroatoms. The quantitative estimate of drug-likeness (QED) is 0.737. The van der Waals surface area contributed by atoms with Gasteiger partial charge in [0.05, 0.1) is 7.11 Å². The molecule has 0 unspecified atom stereocenters. The number of hydrogen-bond donors (Lipinski definition) is 1. The second kappa shape index (κ2) is 4.46. The molecule has 0 spiro atoms. The molecule has 0 bridgehead atoms. The number of carbonyl (C=O) groups is 1. The maximum Gasteiger partial charge on any atom is 0.241 e. The summed E-state index contributed by atoms with van der Waals surface area (Å²) in [5.74, 6) is 0.360. The average molecular weight is 191 g/mol. The van der Waals surface area contributed by atoms with Gasteiger partial charge in [-0.1, -0.05) is 12.1 Å². The summed E-state index contributed by atoms with van der Waals surface area (Å²) in [4.78, 5) is 10.6. The molecule has 0 radical (unpaired) electrons. The Kier molecular flexibility index (Phi) is 3.29. The molecule has 0 aromatic heterocycles. The Bertz CT molecular complexity index is 352. The van der Waals surface area contributed by atoms with E-state index in [9.17, 15) is 4.79 Å². The zero-order valence-electron chi connectivity index (χ0n) is 8.28. The van der Waals surface area contributed by atoms with E-state index in [1.54, 1.807) is 7.11 Å². The van der Waals surface area contributed by atoms with Crippen LogP contribution >= 0.6 is 0 Å². The molecule has 1 aromatic carbocycles. The number of methoxy groups -OCH3 is 1. The number of benzene rings is 1. The van der Waals surface area contributed by atoms with Crippen molar-refractivity contribution in [1.29, 1.82) is 0 Å². The Labute approximate surface area is 83.2 Å². The highest BCUT2D eigenvalue weighted by Gasteiger charge is 1.97. The molecule has 0 fully saturated rings. The van der Waals surface area contributed by atoms with Crippen LogP contribution in [0.2, 0.25) is 0 Å². The van der Waals surface area contributed by atoms with Crippen LogP contribution in [-0.4, -0.2) is 13.0 Å². The second-order valence-electron chi connectivity index (χ2n) is 2.96. The van der Waals surface area contributed by atoms with Gasteiger partial charge in [-0.3, -0.25) is 4.79 Å². The van der Waals surface area contributed by atoms with Gasteiger partial charge in [-0.2, -0.15) is 0 Å². The third-order valence-electron chi connectivity index (χ3n) is 1.90. The van der Waals surface area contributed by atoms with E-state index in [0.717, 1.165) is 16.9 Å². The largest absolute Gasteiger partial charge is 0.497 e. The van der Waals surface area contributed by atoms with Crippen LogP contribution in [0.15, 0.2) is 30.3 Å². The number of ether oxygens (including phenoxy) is 1. The van der Waals surface area contributed by atoms with Crippen LogP contribution in [-0.2, 0) is 4.79 Å². The molecule has 1 aromatic rings. The fourth-order valence-corrected chi connectivity index (χ4v) is 1.15. The Hall–Kier alpha value is -1.77. The van der Waals surface area contributed by atoms with Gasteiger partial charge in [-0.15, -0.1) is 0 Å². The van der Waals surface area contributed by atoms with E-state index < -0.39 is 5.91 Å². The summed E-state index contributed by atoms with van der Waals surface area (Å²) in [7, 11) is 1.61. The summed E-state index contributed by atoms with van der Waals surface area (Å²) < 4.78 is 5.02. The van der Waals surface area contributed by atoms with Crippen molar-refractivity contribution in [3.05, 3.63) is 35.9 Å². The van der Waals surface area contributed by atoms with Crippen LogP contribution in [0.3, 0.4) is 0 Å². The Balaban J connectivity index is 2.92. The molecule has 1 rings (SSSR count). The molecule has 3 nitrogen and oxygen atoms in total. The first-order valence-electron chi connectivity index (χ1n) is 4.25. The van der Waals surface area contributed by atoms with Gasteiger partial charge in [-0.25, -0.2) is 0 Å². The molecule has 2 N–H and O–H groups in total. The van der Waals surface area contributed by atoms with Crippen LogP contribution in [0.5, 0.6) is 5.75 Å². The Morgan fingerprint density at radius 1 is 1.36 bits per heavy atom. The predicted molar refractivity (Wildman–Crippen MR) is 55.8 cm³/mol. The number of amides is 1. The highest BCUT2D eigenvalue weighted by molar-refractivity contribution is 5.93. The van der Waals surface area contributed by atoms with E-state index in [1.807, 2.05) is 31.2 Å². The smallest absolute Gasteiger partial charge is 0.241 e. The topological polar surface area (TPSA) is 52.3 Å². The van der Waals surface area contributed by atoms with Gasteiger partial charge >= 0.3 is 0 Å². The first kappa shape index (κ1) is 10.3. The molecule has 0 aliphatic heterocycles. The Morgan fingerprint density at radius 3 is 2.36 bits per heavy atom. The lowest BCUT2D eigenvalue weighted by molar-refractivity contribution is -0.113. The van der Waals surface area contributed by atoms with E-state index in [4.69, 9.17) is 10.5 Å². The summed E-state index contributed by atoms with van der Waals surface area (Å²) in [5.41, 5.74) is 6.86. The minimum atomic E-state index is -0.432. The van der Waals surface area contributed by atoms with Gasteiger partial charge in [0.2, 0.25) is 5.91 Å². The minimum Gasteiger partial charge on any atom is -0.497 e. The van der Waals surface area contributed by atoms with Gasteiger partial charge in [0.1, 0.15) is 5.75 Å². The molecule has 14 heavy (non-hydrogen) atoms. The molecule has 0 aliphatic rings. The lowest BCUT2D eigenvalue weighted by atomic mass is 10.1. The van der Waals surface area contributed by atoms with Crippen LogP contribution < -0.4 is 10.5 Å². The lowest BCUT2D eigenvalue weighted by Gasteiger charge is -2.02. The van der Waals surface area contributed by atoms with Gasteiger partial charge in [0.25, 0.3) is 0 Å². The van der Waals surface area contributed by atoms with Gasteiger partial charge in [-0.05, 0) is 30.2 Å². The molecule has 74 valence electrons. The van der Waals surface area contributed by atoms with Crippen LogP contribution in [0.25, 0.3) is 5.57 Å². The van der Waals surface area contributed by atoms with Crippen molar-refractivity contribution >= 4 is 11.5 Å². The molecule has 0 aliphatic carbocycles. The standard InChI is InChI=1S/C11H13NO2/c1-8(7-11(12)13)9-3-5-10(14-2)6-4-9/h3-7H,1-2H3,(H2,12,13)/b8-7+. The minimum absolute atomic E-state index is 0.432. The monoisotopic (exact) mass is 191 g/mol. The van der Waals surface area contributed by atoms with E-state index >= 15 is 0 Å². The van der Waals surface area contributed by atoms with Crippen molar-refractivity contribution in [3.8, 4) is 5.75 Å². The first-order valence-corrected chi connectivity index (χ1v) is 4.25. The Morgan fingerprint density at radius 2 is 1.93 bits per heavy atom. The number of primary amides is 1. The number of hydrogen-bond acceptors (Lipinski definition) is 2. The molecule has 0 heterocycles. The van der Waals surface area contributed by atoms with Crippen molar-refractivity contribution in [2.75, 3.05) is 7.11 Å². The van der Waals surface area contributed by atoms with Crippen molar-refractivity contribution in [1.82, 2.24) is 0 Å². The molecular formula is C11H13NO2. The lowest BCUT2D eigenvalue weighted by Crippen LogP contribution is -2.06. The summed E-state index contributed by atoms with van der Waals surface area (Å²) in [6.45, 7) is 1.84. The average Bonchev–Trinajstić information content (AvgIpc) is 2.17. The zero-order valence-corrected chi connectivity index (χ0v) is 8.28. The van der Waals surface area contributed by atoms with Crippen molar-refractivity contribution in [3.63, 3.8) is 0 Å². The fourth-order valence-electron chi connectivity index (χ4n) is 1.15. The molecule has 0 saturated heterocycles. The number of rotatable bonds is 3. The normalized spacial score (nSPS) is 11.1. The van der Waals surface area contributed by atoms with Gasteiger partial charge < -0.3 is 10.5 Å². The van der Waals surface area contributed by atoms with E-state index in [-0.39, 0.29) is 0 Å². The molecule has 0 atom stereocenters. The zero-order chi connectivity index (χ0) is 10.6. The van der Waals surface area contributed by atoms with E-state index in [1.165, 1.54) is 6.08 Å². The molecule has 1 amide bonds. The molecular weight excluding hydrogens is 178 g/mol. The first-order chi connectivity index (χ1) is 6.63. The second-order valence-corrected chi connectivity index (χ2v) is 2.96. The molecule has 0 saturated carbocycles. The van der Waals surface area contributed by atoms with Crippen molar-refractivity contribution < 1.29 is 9.53 Å². The van der Waals surface area contributed by atoms with E-state index in [2.05, 4.69) is 0 Å². The van der Waals surface area contributed by atoms with Gasteiger partial charge in [0, 0.05) is 6.08 Å². The summed E-state index contributed by atoms with van der Waals surface area (Å²) >= 11 is 0.